The number of benzene rings is 1. The molecule has 0 aromatic heterocycles. The number of hydrogen-bond acceptors (Lipinski definition) is 3. The molecule has 2 atom stereocenters. The van der Waals surface area contributed by atoms with E-state index >= 15 is 0 Å². The summed E-state index contributed by atoms with van der Waals surface area (Å²) in [7, 11) is 0. The van der Waals surface area contributed by atoms with Crippen LogP contribution in [0.5, 0.6) is 5.75 Å². The maximum atomic E-state index is 12.5. The van der Waals surface area contributed by atoms with E-state index in [2.05, 4.69) is 28.8 Å². The maximum absolute atomic E-state index is 12.5. The minimum Gasteiger partial charge on any atom is -0.406 e. The number of alkyl halides is 3. The largest absolute Gasteiger partial charge is 0.573 e. The van der Waals surface area contributed by atoms with Crippen molar-refractivity contribution in [3.63, 3.8) is 0 Å². The van der Waals surface area contributed by atoms with E-state index in [9.17, 15) is 13.2 Å². The van der Waals surface area contributed by atoms with Crippen LogP contribution >= 0.6 is 12.4 Å². The molecule has 1 heterocycles. The lowest BCUT2D eigenvalue weighted by molar-refractivity contribution is -0.274. The molecule has 1 fully saturated rings. The summed E-state index contributed by atoms with van der Waals surface area (Å²) in [4.78, 5) is 2.36. The third-order valence-corrected chi connectivity index (χ3v) is 4.26. The van der Waals surface area contributed by atoms with Gasteiger partial charge in [-0.3, -0.25) is 4.90 Å². The van der Waals surface area contributed by atoms with Gasteiger partial charge in [-0.2, -0.15) is 0 Å². The summed E-state index contributed by atoms with van der Waals surface area (Å²) < 4.78 is 41.5. The zero-order valence-electron chi connectivity index (χ0n) is 14.1. The van der Waals surface area contributed by atoms with E-state index in [0.29, 0.717) is 5.92 Å². The number of nitrogens with zero attached hydrogens (tertiary/aromatic N) is 1. The first-order chi connectivity index (χ1) is 10.9. The molecule has 138 valence electrons. The van der Waals surface area contributed by atoms with Crippen molar-refractivity contribution in [3.8, 4) is 5.75 Å². The molecule has 1 saturated heterocycles. The van der Waals surface area contributed by atoms with Crippen molar-refractivity contribution in [1.82, 2.24) is 10.2 Å². The van der Waals surface area contributed by atoms with Gasteiger partial charge in [0.15, 0.2) is 0 Å². The van der Waals surface area contributed by atoms with Crippen LogP contribution in [0.25, 0.3) is 0 Å². The molecule has 7 heteroatoms. The van der Waals surface area contributed by atoms with Gasteiger partial charge in [-0.05, 0) is 30.0 Å². The van der Waals surface area contributed by atoms with E-state index in [4.69, 9.17) is 0 Å². The molecular weight excluding hydrogens is 341 g/mol. The summed E-state index contributed by atoms with van der Waals surface area (Å²) in [6.07, 6.45) is -2.56. The summed E-state index contributed by atoms with van der Waals surface area (Å²) in [6.45, 7) is 7.94. The highest BCUT2D eigenvalue weighted by Crippen LogP contribution is 2.34. The summed E-state index contributed by atoms with van der Waals surface area (Å²) in [5.41, 5.74) is 0.898. The van der Waals surface area contributed by atoms with Gasteiger partial charge in [0.05, 0.1) is 0 Å². The number of halogens is 4. The molecule has 2 rings (SSSR count). The Balaban J connectivity index is 0.00000288. The Morgan fingerprint density at radius 3 is 2.50 bits per heavy atom. The second kappa shape index (κ2) is 9.49. The number of nitrogens with one attached hydrogen (secondary N) is 1. The number of rotatable bonds is 6. The Kier molecular flexibility index (Phi) is 8.33. The Morgan fingerprint density at radius 1 is 1.25 bits per heavy atom. The first-order valence-electron chi connectivity index (χ1n) is 8.21. The van der Waals surface area contributed by atoms with Crippen molar-refractivity contribution < 1.29 is 17.9 Å². The fourth-order valence-corrected chi connectivity index (χ4v) is 3.37. The van der Waals surface area contributed by atoms with Crippen LogP contribution in [0.15, 0.2) is 24.3 Å². The summed E-state index contributed by atoms with van der Waals surface area (Å²) in [6, 6.07) is 6.56. The van der Waals surface area contributed by atoms with Crippen LogP contribution in [0.4, 0.5) is 13.2 Å². The average molecular weight is 367 g/mol. The van der Waals surface area contributed by atoms with Crippen LogP contribution in [0.1, 0.15) is 38.3 Å². The molecule has 0 bridgehead atoms. The van der Waals surface area contributed by atoms with E-state index in [1.54, 1.807) is 6.07 Å². The molecule has 1 aliphatic rings. The highest BCUT2D eigenvalue weighted by atomic mass is 35.5. The van der Waals surface area contributed by atoms with Crippen LogP contribution in [-0.2, 0) is 0 Å². The Bertz CT molecular complexity index is 493. The average Bonchev–Trinajstić information content (AvgIpc) is 2.47. The fraction of sp³-hybridized carbons (Fsp3) is 0.647. The van der Waals surface area contributed by atoms with Crippen molar-refractivity contribution in [1.29, 1.82) is 0 Å². The third-order valence-electron chi connectivity index (χ3n) is 4.26. The van der Waals surface area contributed by atoms with Gasteiger partial charge in [0.2, 0.25) is 0 Å². The third kappa shape index (κ3) is 6.15. The van der Waals surface area contributed by atoms with E-state index < -0.39 is 6.36 Å². The van der Waals surface area contributed by atoms with Crippen LogP contribution in [-0.4, -0.2) is 37.4 Å². The van der Waals surface area contributed by atoms with Crippen molar-refractivity contribution in [3.05, 3.63) is 29.8 Å². The Hall–Kier alpha value is -0.980. The first-order valence-corrected chi connectivity index (χ1v) is 8.21. The molecular formula is C17H26ClF3N2O. The summed E-state index contributed by atoms with van der Waals surface area (Å²) >= 11 is 0. The Labute approximate surface area is 148 Å². The molecule has 1 aromatic rings. The second-order valence-electron chi connectivity index (χ2n) is 6.12. The minimum atomic E-state index is -4.65. The van der Waals surface area contributed by atoms with Crippen molar-refractivity contribution in [2.24, 2.45) is 5.92 Å². The minimum absolute atomic E-state index is 0. The van der Waals surface area contributed by atoms with Gasteiger partial charge in [-0.15, -0.1) is 25.6 Å². The van der Waals surface area contributed by atoms with Crippen LogP contribution in [0.2, 0.25) is 0 Å². The van der Waals surface area contributed by atoms with Gasteiger partial charge in [0.1, 0.15) is 5.75 Å². The monoisotopic (exact) mass is 366 g/mol. The lowest BCUT2D eigenvalue weighted by Gasteiger charge is -2.38. The van der Waals surface area contributed by atoms with Gasteiger partial charge in [0, 0.05) is 32.2 Å². The number of piperazine rings is 1. The topological polar surface area (TPSA) is 24.5 Å². The lowest BCUT2D eigenvalue weighted by atomic mass is 9.89. The summed E-state index contributed by atoms with van der Waals surface area (Å²) in [5.74, 6) is 0.234. The van der Waals surface area contributed by atoms with Crippen molar-refractivity contribution in [2.45, 2.75) is 39.1 Å². The molecule has 1 aromatic carbocycles. The van der Waals surface area contributed by atoms with Gasteiger partial charge >= 0.3 is 6.36 Å². The summed E-state index contributed by atoms with van der Waals surface area (Å²) in [5, 5.41) is 3.32. The standard InChI is InChI=1S/C17H25F3N2O.ClH/c1-3-5-13(2)16(22-10-8-21-9-11-22)14-6-4-7-15(12-14)23-17(18,19)20;/h4,6-7,12-13,16,21H,3,5,8-11H2,1-2H3;1H/t13?,16-;/m0./s1. The normalized spacial score (nSPS) is 18.5. The number of hydrogen-bond donors (Lipinski definition) is 1. The fourth-order valence-electron chi connectivity index (χ4n) is 3.37. The van der Waals surface area contributed by atoms with Crippen LogP contribution in [0.3, 0.4) is 0 Å². The molecule has 0 amide bonds. The predicted octanol–water partition coefficient (Wildman–Crippen LogP) is 4.39. The molecule has 24 heavy (non-hydrogen) atoms. The van der Waals surface area contributed by atoms with E-state index in [1.807, 2.05) is 6.07 Å². The van der Waals surface area contributed by atoms with Crippen molar-refractivity contribution in [2.75, 3.05) is 26.2 Å². The van der Waals surface area contributed by atoms with Crippen LogP contribution < -0.4 is 10.1 Å². The molecule has 0 radical (unpaired) electrons. The SMILES string of the molecule is CCCC(C)[C@@H](c1cccc(OC(F)(F)F)c1)N1CCNCC1.Cl. The highest BCUT2D eigenvalue weighted by molar-refractivity contribution is 5.85. The van der Waals surface area contributed by atoms with E-state index in [1.165, 1.54) is 12.1 Å². The zero-order chi connectivity index (χ0) is 16.9. The van der Waals surface area contributed by atoms with Crippen molar-refractivity contribution >= 4 is 12.4 Å². The quantitative estimate of drug-likeness (QED) is 0.808. The van der Waals surface area contributed by atoms with Gasteiger partial charge in [-0.1, -0.05) is 32.4 Å². The van der Waals surface area contributed by atoms with Gasteiger partial charge in [-0.25, -0.2) is 0 Å². The second-order valence-corrected chi connectivity index (χ2v) is 6.12. The zero-order valence-corrected chi connectivity index (χ0v) is 14.9. The molecule has 0 aliphatic carbocycles. The maximum Gasteiger partial charge on any atom is 0.573 e. The van der Waals surface area contributed by atoms with E-state index in [0.717, 1.165) is 44.6 Å². The smallest absolute Gasteiger partial charge is 0.406 e. The van der Waals surface area contributed by atoms with E-state index in [-0.39, 0.29) is 24.2 Å². The van der Waals surface area contributed by atoms with Crippen LogP contribution in [0, 0.1) is 5.92 Å². The predicted molar refractivity (Wildman–Crippen MR) is 91.6 cm³/mol. The molecule has 1 N–H and O–H groups in total. The lowest BCUT2D eigenvalue weighted by Crippen LogP contribution is -2.46. The van der Waals surface area contributed by atoms with Gasteiger partial charge in [0.25, 0.3) is 0 Å². The molecule has 0 saturated carbocycles. The molecule has 0 spiro atoms. The van der Waals surface area contributed by atoms with Gasteiger partial charge < -0.3 is 10.1 Å². The first kappa shape index (κ1) is 21.1. The Morgan fingerprint density at radius 2 is 1.92 bits per heavy atom. The molecule has 1 unspecified atom stereocenters. The highest BCUT2D eigenvalue weighted by Gasteiger charge is 2.32. The number of ether oxygens (including phenoxy) is 1. The molecule has 1 aliphatic heterocycles. The molecule has 3 nitrogen and oxygen atoms in total.